The van der Waals surface area contributed by atoms with Gasteiger partial charge in [-0.3, -0.25) is 4.79 Å². The van der Waals surface area contributed by atoms with E-state index in [4.69, 9.17) is 4.74 Å². The number of carbonyl (C=O) groups is 2. The number of anilines is 1. The predicted molar refractivity (Wildman–Crippen MR) is 155 cm³/mol. The largest absolute Gasteiger partial charge is 0.488 e. The van der Waals surface area contributed by atoms with Crippen molar-refractivity contribution in [1.82, 2.24) is 14.5 Å². The summed E-state index contributed by atoms with van der Waals surface area (Å²) in [6.45, 7) is 3.85. The van der Waals surface area contributed by atoms with Crippen molar-refractivity contribution >= 4 is 39.0 Å². The smallest absolute Gasteiger partial charge is 0.319 e. The van der Waals surface area contributed by atoms with Gasteiger partial charge in [-0.25, -0.2) is 13.2 Å². The van der Waals surface area contributed by atoms with Gasteiger partial charge in [0.05, 0.1) is 25.6 Å². The average Bonchev–Trinajstić information content (AvgIpc) is 3.49. The fraction of sp³-hybridized carbons (Fsp3) is 0.571. The molecule has 1 fully saturated rings. The van der Waals surface area contributed by atoms with Crippen LogP contribution in [0.1, 0.15) is 51.5 Å². The van der Waals surface area contributed by atoms with Crippen molar-refractivity contribution in [2.45, 2.75) is 74.8 Å². The Morgan fingerprint density at radius 1 is 1.25 bits per heavy atom. The first-order valence-corrected chi connectivity index (χ1v) is 16.2. The number of rotatable bonds is 8. The number of ether oxygens (including phenoxy) is 1. The molecule has 1 aromatic heterocycles. The van der Waals surface area contributed by atoms with Gasteiger partial charge in [-0.1, -0.05) is 32.3 Å². The Morgan fingerprint density at radius 3 is 2.67 bits per heavy atom. The van der Waals surface area contributed by atoms with E-state index in [9.17, 15) is 23.1 Å². The summed E-state index contributed by atoms with van der Waals surface area (Å²) in [5, 5.41) is 17.5. The van der Waals surface area contributed by atoms with Gasteiger partial charge in [0.25, 0.3) is 10.0 Å². The highest BCUT2D eigenvalue weighted by Gasteiger charge is 2.33. The van der Waals surface area contributed by atoms with Crippen LogP contribution in [-0.4, -0.2) is 79.6 Å². The number of sulfonamides is 1. The zero-order valence-electron chi connectivity index (χ0n) is 23.3. The van der Waals surface area contributed by atoms with Crippen LogP contribution in [0.5, 0.6) is 5.75 Å². The molecule has 3 N–H and O–H groups in total. The van der Waals surface area contributed by atoms with E-state index in [1.807, 2.05) is 6.92 Å². The van der Waals surface area contributed by atoms with Gasteiger partial charge in [-0.15, -0.1) is 11.3 Å². The molecule has 0 unspecified atom stereocenters. The number of hydrogen-bond acceptors (Lipinski definition) is 7. The van der Waals surface area contributed by atoms with E-state index in [2.05, 4.69) is 10.6 Å². The molecule has 3 atom stereocenters. The summed E-state index contributed by atoms with van der Waals surface area (Å²) >= 11 is 1.15. The molecule has 40 heavy (non-hydrogen) atoms. The molecule has 2 aromatic rings. The summed E-state index contributed by atoms with van der Waals surface area (Å²) in [7, 11) is -2.18. The summed E-state index contributed by atoms with van der Waals surface area (Å²) in [4.78, 5) is 27.7. The minimum atomic E-state index is -3.71. The Morgan fingerprint density at radius 2 is 2.00 bits per heavy atom. The lowest BCUT2D eigenvalue weighted by Crippen LogP contribution is -2.48. The second-order valence-corrected chi connectivity index (χ2v) is 14.1. The maximum atomic E-state index is 13.4. The molecule has 0 radical (unpaired) electrons. The number of nitrogens with one attached hydrogen (secondary N) is 2. The monoisotopic (exact) mass is 592 g/mol. The summed E-state index contributed by atoms with van der Waals surface area (Å²) in [6, 6.07) is 7.89. The van der Waals surface area contributed by atoms with Crippen molar-refractivity contribution in [2.75, 3.05) is 32.1 Å². The number of carbonyl (C=O) groups excluding carboxylic acids is 2. The Hall–Kier alpha value is -2.67. The molecular weight excluding hydrogens is 552 g/mol. The summed E-state index contributed by atoms with van der Waals surface area (Å²) in [5.74, 6) is 0.0371. The first kappa shape index (κ1) is 30.3. The number of urea groups is 1. The quantitative estimate of drug-likeness (QED) is 0.429. The third-order valence-electron chi connectivity index (χ3n) is 7.71. The highest BCUT2D eigenvalue weighted by Crippen LogP contribution is 2.30. The van der Waals surface area contributed by atoms with Crippen LogP contribution < -0.4 is 15.4 Å². The average molecular weight is 593 g/mol. The van der Waals surface area contributed by atoms with E-state index in [-0.39, 0.29) is 47.7 Å². The van der Waals surface area contributed by atoms with E-state index in [1.54, 1.807) is 47.5 Å². The number of hydrogen-bond donors (Lipinski definition) is 3. The molecular formula is C28H40N4O6S2. The van der Waals surface area contributed by atoms with Gasteiger partial charge in [0.15, 0.2) is 0 Å². The standard InChI is InChI=1S/C28H40N4O6S2/c1-19-16-32(20(2)18-33)26(34)15-21-14-23(30-28(35)29-22-8-5-4-6-9-22)11-12-24(21)38-25(19)17-31(3)40(36,37)27-10-7-13-39-27/h7,10-14,19-20,22,25,33H,4-6,8-9,15-18H2,1-3H3,(H2,29,30,35)/t19-,20-,25-/m1/s1. The molecule has 2 aliphatic rings. The number of nitrogens with zero attached hydrogens (tertiary/aromatic N) is 2. The van der Waals surface area contributed by atoms with Crippen molar-refractivity contribution in [3.05, 3.63) is 41.3 Å². The lowest BCUT2D eigenvalue weighted by atomic mass is 9.96. The number of amides is 3. The van der Waals surface area contributed by atoms with E-state index < -0.39 is 22.2 Å². The van der Waals surface area contributed by atoms with E-state index in [0.717, 1.165) is 37.0 Å². The SMILES string of the molecule is C[C@@H]1CN([C@H](C)CO)C(=O)Cc2cc(NC(=O)NC3CCCCC3)ccc2O[C@@H]1CN(C)S(=O)(=O)c1cccs1. The molecule has 1 aromatic carbocycles. The van der Waals surface area contributed by atoms with Crippen LogP contribution in [-0.2, 0) is 21.2 Å². The molecule has 1 saturated carbocycles. The molecule has 0 spiro atoms. The second kappa shape index (κ2) is 13.3. The van der Waals surface area contributed by atoms with Gasteiger partial charge in [-0.05, 0) is 49.4 Å². The summed E-state index contributed by atoms with van der Waals surface area (Å²) in [5.41, 5.74) is 1.12. The van der Waals surface area contributed by atoms with Crippen LogP contribution in [0, 0.1) is 5.92 Å². The number of fused-ring (bicyclic) bond motifs is 1. The van der Waals surface area contributed by atoms with Crippen LogP contribution >= 0.6 is 11.3 Å². The zero-order valence-corrected chi connectivity index (χ0v) is 25.0. The van der Waals surface area contributed by atoms with Crippen molar-refractivity contribution in [1.29, 1.82) is 0 Å². The van der Waals surface area contributed by atoms with Crippen molar-refractivity contribution in [3.63, 3.8) is 0 Å². The fourth-order valence-electron chi connectivity index (χ4n) is 5.24. The van der Waals surface area contributed by atoms with Gasteiger partial charge in [0.2, 0.25) is 5.91 Å². The molecule has 1 aliphatic heterocycles. The van der Waals surface area contributed by atoms with Crippen LogP contribution in [0.4, 0.5) is 10.5 Å². The van der Waals surface area contributed by atoms with Gasteiger partial charge in [-0.2, -0.15) is 4.31 Å². The Balaban J connectivity index is 1.58. The highest BCUT2D eigenvalue weighted by molar-refractivity contribution is 7.91. The first-order valence-electron chi connectivity index (χ1n) is 13.9. The number of aliphatic hydroxyl groups excluding tert-OH is 1. The molecule has 12 heteroatoms. The number of benzene rings is 1. The van der Waals surface area contributed by atoms with E-state index >= 15 is 0 Å². The third-order valence-corrected chi connectivity index (χ3v) is 10.9. The number of likely N-dealkylation sites (N-methyl/N-ethyl adjacent to an activating group) is 1. The lowest BCUT2D eigenvalue weighted by molar-refractivity contribution is -0.134. The first-order chi connectivity index (χ1) is 19.1. The van der Waals surface area contributed by atoms with Crippen molar-refractivity contribution in [2.24, 2.45) is 5.92 Å². The zero-order chi connectivity index (χ0) is 28.9. The predicted octanol–water partition coefficient (Wildman–Crippen LogP) is 3.67. The highest BCUT2D eigenvalue weighted by atomic mass is 32.2. The maximum Gasteiger partial charge on any atom is 0.319 e. The fourth-order valence-corrected chi connectivity index (χ4v) is 7.62. The minimum absolute atomic E-state index is 0.0161. The van der Waals surface area contributed by atoms with Gasteiger partial charge >= 0.3 is 6.03 Å². The van der Waals surface area contributed by atoms with Crippen LogP contribution in [0.2, 0.25) is 0 Å². The van der Waals surface area contributed by atoms with Gasteiger partial charge in [0.1, 0.15) is 16.1 Å². The third kappa shape index (κ3) is 7.34. The molecule has 3 amide bonds. The van der Waals surface area contributed by atoms with Crippen molar-refractivity contribution < 1.29 is 27.9 Å². The molecule has 0 bridgehead atoms. The summed E-state index contributed by atoms with van der Waals surface area (Å²) < 4.78 is 34.2. The topological polar surface area (TPSA) is 128 Å². The molecule has 2 heterocycles. The molecule has 4 rings (SSSR count). The van der Waals surface area contributed by atoms with Crippen LogP contribution in [0.3, 0.4) is 0 Å². The second-order valence-electron chi connectivity index (χ2n) is 10.9. The van der Waals surface area contributed by atoms with Gasteiger partial charge in [0, 0.05) is 36.8 Å². The Labute approximate surface area is 240 Å². The van der Waals surface area contributed by atoms with E-state index in [0.29, 0.717) is 23.5 Å². The van der Waals surface area contributed by atoms with Crippen LogP contribution in [0.15, 0.2) is 39.9 Å². The lowest BCUT2D eigenvalue weighted by Gasteiger charge is -2.33. The molecule has 1 aliphatic carbocycles. The Kier molecular flexibility index (Phi) is 10.1. The van der Waals surface area contributed by atoms with Crippen LogP contribution in [0.25, 0.3) is 0 Å². The van der Waals surface area contributed by atoms with Crippen molar-refractivity contribution in [3.8, 4) is 5.75 Å². The number of aliphatic hydroxyl groups is 1. The molecule has 10 nitrogen and oxygen atoms in total. The normalized spacial score (nSPS) is 21.5. The van der Waals surface area contributed by atoms with E-state index in [1.165, 1.54) is 17.8 Å². The minimum Gasteiger partial charge on any atom is -0.488 e. The molecule has 220 valence electrons. The van der Waals surface area contributed by atoms with Gasteiger partial charge < -0.3 is 25.4 Å². The maximum absolute atomic E-state index is 13.4. The molecule has 0 saturated heterocycles. The summed E-state index contributed by atoms with van der Waals surface area (Å²) in [6.07, 6.45) is 4.78. The Bertz CT molecular complexity index is 1260. The number of thiophene rings is 1.